The number of H-pyrrole nitrogens is 1. The highest BCUT2D eigenvalue weighted by molar-refractivity contribution is 6.05. The monoisotopic (exact) mass is 235 g/mol. The Hall–Kier alpha value is -2.29. The molecule has 0 atom stereocenters. The van der Waals surface area contributed by atoms with Gasteiger partial charge >= 0.3 is 0 Å². The van der Waals surface area contributed by atoms with Crippen LogP contribution in [0.2, 0.25) is 0 Å². The molecule has 0 aliphatic rings. The van der Waals surface area contributed by atoms with Gasteiger partial charge in [-0.3, -0.25) is 4.40 Å². The fourth-order valence-corrected chi connectivity index (χ4v) is 2.54. The van der Waals surface area contributed by atoms with Crippen molar-refractivity contribution < 1.29 is 0 Å². The second-order valence-corrected chi connectivity index (χ2v) is 4.60. The molecule has 1 N–H and O–H groups in total. The maximum atomic E-state index is 4.74. The van der Waals surface area contributed by atoms with Gasteiger partial charge in [-0.05, 0) is 30.2 Å². The minimum Gasteiger partial charge on any atom is -0.339 e. The van der Waals surface area contributed by atoms with Gasteiger partial charge in [0.05, 0.1) is 0 Å². The molecule has 0 aliphatic carbocycles. The Bertz CT molecular complexity index is 867. The molecule has 0 radical (unpaired) electrons. The lowest BCUT2D eigenvalue weighted by molar-refractivity contribution is 1.10. The maximum absolute atomic E-state index is 4.74. The molecule has 0 saturated carbocycles. The van der Waals surface area contributed by atoms with Crippen molar-refractivity contribution in [2.75, 3.05) is 0 Å². The summed E-state index contributed by atoms with van der Waals surface area (Å²) < 4.78 is 2.12. The molecule has 3 aromatic heterocycles. The Morgan fingerprint density at radius 2 is 2.11 bits per heavy atom. The van der Waals surface area contributed by atoms with E-state index >= 15 is 0 Å². The number of para-hydroxylation sites is 1. The minimum absolute atomic E-state index is 1.02. The highest BCUT2D eigenvalue weighted by Crippen LogP contribution is 2.25. The second kappa shape index (κ2) is 3.35. The number of nitrogens with zero attached hydrogens (tertiary/aromatic N) is 2. The molecular weight excluding hydrogens is 222 g/mol. The van der Waals surface area contributed by atoms with Crippen molar-refractivity contribution in [3.8, 4) is 0 Å². The molecule has 0 spiro atoms. The number of rotatable bonds is 1. The Kier molecular flexibility index (Phi) is 1.81. The molecule has 0 aliphatic heterocycles. The molecule has 3 heterocycles. The second-order valence-electron chi connectivity index (χ2n) is 4.60. The number of fused-ring (bicyclic) bond motifs is 5. The number of pyridine rings is 1. The highest BCUT2D eigenvalue weighted by Gasteiger charge is 2.10. The summed E-state index contributed by atoms with van der Waals surface area (Å²) in [6.07, 6.45) is 3.14. The van der Waals surface area contributed by atoms with E-state index in [0.717, 1.165) is 28.7 Å². The summed E-state index contributed by atoms with van der Waals surface area (Å²) in [6, 6.07) is 12.6. The zero-order chi connectivity index (χ0) is 12.1. The number of aromatic amines is 1. The van der Waals surface area contributed by atoms with Crippen LogP contribution in [0.15, 0.2) is 42.6 Å². The molecule has 3 nitrogen and oxygen atoms in total. The number of hydrogen-bond donors (Lipinski definition) is 1. The lowest BCUT2D eigenvalue weighted by Gasteiger charge is -1.97. The van der Waals surface area contributed by atoms with Gasteiger partial charge in [-0.2, -0.15) is 0 Å². The predicted molar refractivity (Wildman–Crippen MR) is 73.9 cm³/mol. The maximum Gasteiger partial charge on any atom is 0.143 e. The summed E-state index contributed by atoms with van der Waals surface area (Å²) in [5.41, 5.74) is 5.61. The molecule has 1 aromatic carbocycles. The Morgan fingerprint density at radius 1 is 1.22 bits per heavy atom. The summed E-state index contributed by atoms with van der Waals surface area (Å²) in [6.45, 7) is 2.16. The average Bonchev–Trinajstić information content (AvgIpc) is 2.93. The van der Waals surface area contributed by atoms with Crippen molar-refractivity contribution in [1.82, 2.24) is 14.4 Å². The zero-order valence-corrected chi connectivity index (χ0v) is 10.1. The summed E-state index contributed by atoms with van der Waals surface area (Å²) >= 11 is 0. The van der Waals surface area contributed by atoms with E-state index < -0.39 is 0 Å². The molecule has 0 saturated heterocycles. The van der Waals surface area contributed by atoms with Crippen molar-refractivity contribution in [1.29, 1.82) is 0 Å². The molecule has 0 unspecified atom stereocenters. The van der Waals surface area contributed by atoms with Crippen LogP contribution in [0.4, 0.5) is 0 Å². The van der Waals surface area contributed by atoms with Crippen molar-refractivity contribution in [2.24, 2.45) is 0 Å². The summed E-state index contributed by atoms with van der Waals surface area (Å²) in [5.74, 6) is 0. The number of benzene rings is 1. The third kappa shape index (κ3) is 1.16. The Morgan fingerprint density at radius 3 is 3.00 bits per heavy atom. The van der Waals surface area contributed by atoms with Crippen LogP contribution in [0.5, 0.6) is 0 Å². The van der Waals surface area contributed by atoms with Gasteiger partial charge < -0.3 is 4.98 Å². The van der Waals surface area contributed by atoms with E-state index in [1.807, 2.05) is 6.07 Å². The Labute approximate surface area is 104 Å². The van der Waals surface area contributed by atoms with Crippen LogP contribution in [0.1, 0.15) is 12.5 Å². The topological polar surface area (TPSA) is 33.1 Å². The molecule has 4 aromatic rings. The van der Waals surface area contributed by atoms with Crippen LogP contribution in [-0.2, 0) is 6.42 Å². The van der Waals surface area contributed by atoms with Gasteiger partial charge in [0.25, 0.3) is 0 Å². The van der Waals surface area contributed by atoms with Gasteiger partial charge in [0.15, 0.2) is 0 Å². The lowest BCUT2D eigenvalue weighted by atomic mass is 10.2. The summed E-state index contributed by atoms with van der Waals surface area (Å²) in [4.78, 5) is 8.18. The Balaban J connectivity index is 2.18. The molecule has 0 fully saturated rings. The van der Waals surface area contributed by atoms with E-state index in [1.54, 1.807) is 0 Å². The fraction of sp³-hybridized carbons (Fsp3) is 0.133. The molecule has 3 heteroatoms. The third-order valence-corrected chi connectivity index (χ3v) is 3.53. The number of hydrogen-bond acceptors (Lipinski definition) is 1. The fourth-order valence-electron chi connectivity index (χ4n) is 2.54. The van der Waals surface area contributed by atoms with E-state index in [4.69, 9.17) is 4.98 Å². The van der Waals surface area contributed by atoms with Crippen LogP contribution < -0.4 is 0 Å². The molecule has 4 rings (SSSR count). The lowest BCUT2D eigenvalue weighted by Crippen LogP contribution is -1.87. The van der Waals surface area contributed by atoms with Crippen LogP contribution in [0, 0.1) is 0 Å². The van der Waals surface area contributed by atoms with Gasteiger partial charge in [0.1, 0.15) is 16.8 Å². The quantitative estimate of drug-likeness (QED) is 0.538. The molecule has 0 amide bonds. The first kappa shape index (κ1) is 9.71. The number of aryl methyl sites for hydroxylation is 1. The van der Waals surface area contributed by atoms with Gasteiger partial charge in [0.2, 0.25) is 0 Å². The van der Waals surface area contributed by atoms with Crippen LogP contribution in [-0.4, -0.2) is 14.4 Å². The van der Waals surface area contributed by atoms with E-state index in [-0.39, 0.29) is 0 Å². The van der Waals surface area contributed by atoms with Crippen molar-refractivity contribution in [2.45, 2.75) is 13.3 Å². The largest absolute Gasteiger partial charge is 0.339 e. The first-order chi connectivity index (χ1) is 8.86. The molecule has 88 valence electrons. The summed E-state index contributed by atoms with van der Waals surface area (Å²) in [7, 11) is 0. The van der Waals surface area contributed by atoms with Gasteiger partial charge in [-0.1, -0.05) is 25.1 Å². The van der Waals surface area contributed by atoms with E-state index in [0.29, 0.717) is 0 Å². The van der Waals surface area contributed by atoms with Crippen LogP contribution in [0.25, 0.3) is 27.7 Å². The van der Waals surface area contributed by atoms with E-state index in [2.05, 4.69) is 52.8 Å². The average molecular weight is 235 g/mol. The van der Waals surface area contributed by atoms with Gasteiger partial charge in [-0.25, -0.2) is 4.98 Å². The minimum atomic E-state index is 1.02. The summed E-state index contributed by atoms with van der Waals surface area (Å²) in [5, 5.41) is 1.19. The van der Waals surface area contributed by atoms with E-state index in [9.17, 15) is 0 Å². The SMILES string of the molecule is CCc1ccn2c(c1)nc1c3ccccc3[nH]c12. The molecule has 0 bridgehead atoms. The predicted octanol–water partition coefficient (Wildman–Crippen LogP) is 3.53. The smallest absolute Gasteiger partial charge is 0.143 e. The number of nitrogens with one attached hydrogen (secondary N) is 1. The van der Waals surface area contributed by atoms with Gasteiger partial charge in [-0.15, -0.1) is 0 Å². The zero-order valence-electron chi connectivity index (χ0n) is 10.1. The van der Waals surface area contributed by atoms with Crippen molar-refractivity contribution in [3.63, 3.8) is 0 Å². The standard InChI is InChI=1S/C15H13N3/c1-2-10-7-8-18-13(9-10)17-14-11-5-3-4-6-12(11)16-15(14)18/h3-9,16H,2H2,1H3. The third-order valence-electron chi connectivity index (χ3n) is 3.53. The normalized spacial score (nSPS) is 11.8. The van der Waals surface area contributed by atoms with Crippen LogP contribution >= 0.6 is 0 Å². The molecular formula is C15H13N3. The number of imidazole rings is 1. The van der Waals surface area contributed by atoms with Crippen molar-refractivity contribution in [3.05, 3.63) is 48.2 Å². The molecule has 18 heavy (non-hydrogen) atoms. The number of aromatic nitrogens is 3. The van der Waals surface area contributed by atoms with Gasteiger partial charge in [0, 0.05) is 17.1 Å². The first-order valence-electron chi connectivity index (χ1n) is 6.24. The first-order valence-corrected chi connectivity index (χ1v) is 6.24. The van der Waals surface area contributed by atoms with Crippen molar-refractivity contribution >= 4 is 27.7 Å². The van der Waals surface area contributed by atoms with E-state index in [1.165, 1.54) is 10.9 Å². The highest BCUT2D eigenvalue weighted by atomic mass is 15.1. The van der Waals surface area contributed by atoms with Crippen LogP contribution in [0.3, 0.4) is 0 Å².